The zero-order valence-electron chi connectivity index (χ0n) is 19.8. The summed E-state index contributed by atoms with van der Waals surface area (Å²) in [6, 6.07) is 12.4. The van der Waals surface area contributed by atoms with Crippen molar-refractivity contribution in [1.29, 1.82) is 0 Å². The number of fused-ring (bicyclic) bond motifs is 1. The molecule has 0 spiro atoms. The van der Waals surface area contributed by atoms with E-state index in [2.05, 4.69) is 15.3 Å². The molecule has 4 aromatic rings. The fraction of sp³-hybridized carbons (Fsp3) is 0.231. The first-order chi connectivity index (χ1) is 16.5. The highest BCUT2D eigenvalue weighted by Gasteiger charge is 2.19. The molecule has 0 fully saturated rings. The lowest BCUT2D eigenvalue weighted by atomic mass is 10.0. The Morgan fingerprint density at radius 2 is 1.86 bits per heavy atom. The summed E-state index contributed by atoms with van der Waals surface area (Å²) < 4.78 is 46.8. The van der Waals surface area contributed by atoms with Crippen LogP contribution in [0.2, 0.25) is 5.02 Å². The highest BCUT2D eigenvalue weighted by Crippen LogP contribution is 2.39. The van der Waals surface area contributed by atoms with E-state index in [1.807, 2.05) is 6.92 Å². The summed E-state index contributed by atoms with van der Waals surface area (Å²) in [5.41, 5.74) is 2.81. The molecule has 0 aliphatic heterocycles. The SMILES string of the molecule is Cc1nc2cc(F)c(-c3ccc(OCP(C)(C)=O)nc3)cc2c(N[C@H](C)c2ccccc2F)c1Cl. The Morgan fingerprint density at radius 1 is 1.11 bits per heavy atom. The lowest BCUT2D eigenvalue weighted by Gasteiger charge is -2.20. The molecule has 0 unspecified atom stereocenters. The molecule has 0 saturated heterocycles. The van der Waals surface area contributed by atoms with Crippen molar-refractivity contribution < 1.29 is 18.1 Å². The molecule has 35 heavy (non-hydrogen) atoms. The van der Waals surface area contributed by atoms with Gasteiger partial charge < -0.3 is 14.6 Å². The normalized spacial score (nSPS) is 12.5. The Kier molecular flexibility index (Phi) is 7.11. The number of pyridine rings is 2. The molecule has 1 atom stereocenters. The third-order valence-corrected chi connectivity index (χ3v) is 6.70. The molecule has 1 N–H and O–H groups in total. The molecule has 0 amide bonds. The molecule has 2 aromatic heterocycles. The van der Waals surface area contributed by atoms with Crippen LogP contribution in [-0.4, -0.2) is 29.6 Å². The maximum absolute atomic E-state index is 15.1. The van der Waals surface area contributed by atoms with Crippen molar-refractivity contribution in [3.05, 3.63) is 82.6 Å². The predicted octanol–water partition coefficient (Wildman–Crippen LogP) is 7.67. The number of ether oxygens (including phenoxy) is 1. The molecule has 0 saturated carbocycles. The second kappa shape index (κ2) is 9.92. The average molecular weight is 516 g/mol. The Balaban J connectivity index is 1.74. The maximum atomic E-state index is 15.1. The second-order valence-electron chi connectivity index (χ2n) is 8.86. The van der Waals surface area contributed by atoms with Crippen LogP contribution in [0.15, 0.2) is 54.7 Å². The Bertz CT molecular complexity index is 1440. The van der Waals surface area contributed by atoms with E-state index >= 15 is 4.39 Å². The van der Waals surface area contributed by atoms with Gasteiger partial charge in [-0.3, -0.25) is 4.98 Å². The third-order valence-electron chi connectivity index (χ3n) is 5.48. The number of rotatable bonds is 7. The highest BCUT2D eigenvalue weighted by atomic mass is 35.5. The van der Waals surface area contributed by atoms with Gasteiger partial charge in [-0.05, 0) is 45.4 Å². The minimum atomic E-state index is -2.36. The average Bonchev–Trinajstić information content (AvgIpc) is 2.80. The maximum Gasteiger partial charge on any atom is 0.213 e. The van der Waals surface area contributed by atoms with Crippen LogP contribution < -0.4 is 10.1 Å². The fourth-order valence-electron chi connectivity index (χ4n) is 3.71. The van der Waals surface area contributed by atoms with Gasteiger partial charge in [0.25, 0.3) is 0 Å². The van der Waals surface area contributed by atoms with Crippen LogP contribution in [0.1, 0.15) is 24.2 Å². The first-order valence-electron chi connectivity index (χ1n) is 11.0. The number of benzene rings is 2. The molecule has 0 bridgehead atoms. The summed E-state index contributed by atoms with van der Waals surface area (Å²) in [6.45, 7) is 6.83. The van der Waals surface area contributed by atoms with Crippen molar-refractivity contribution >= 4 is 35.3 Å². The zero-order chi connectivity index (χ0) is 25.3. The molecular formula is C26H25ClF2N3O2P. The van der Waals surface area contributed by atoms with E-state index in [4.69, 9.17) is 16.3 Å². The predicted molar refractivity (Wildman–Crippen MR) is 138 cm³/mol. The molecule has 4 rings (SSSR count). The standard InChI is InChI=1S/C26H25ClF2N3O2P/c1-15(18-7-5-6-8-21(18)28)32-26-20-11-19(22(29)12-23(20)31-16(2)25(26)27)17-9-10-24(30-13-17)34-14-35(3,4)33/h5-13,15H,14H2,1-4H3,(H,31,32)/t15-/m1/s1. The Morgan fingerprint density at radius 3 is 2.51 bits per heavy atom. The molecule has 9 heteroatoms. The number of anilines is 1. The number of halogens is 3. The van der Waals surface area contributed by atoms with E-state index in [-0.39, 0.29) is 12.2 Å². The van der Waals surface area contributed by atoms with Gasteiger partial charge in [0.15, 0.2) is 0 Å². The summed E-state index contributed by atoms with van der Waals surface area (Å²) in [7, 11) is -2.36. The van der Waals surface area contributed by atoms with E-state index in [9.17, 15) is 8.96 Å². The summed E-state index contributed by atoms with van der Waals surface area (Å²) in [6.07, 6.45) is 1.57. The van der Waals surface area contributed by atoms with Gasteiger partial charge >= 0.3 is 0 Å². The van der Waals surface area contributed by atoms with Gasteiger partial charge in [-0.2, -0.15) is 0 Å². The van der Waals surface area contributed by atoms with Crippen molar-refractivity contribution in [1.82, 2.24) is 9.97 Å². The van der Waals surface area contributed by atoms with Gasteiger partial charge in [-0.25, -0.2) is 13.8 Å². The van der Waals surface area contributed by atoms with Crippen molar-refractivity contribution in [3.63, 3.8) is 0 Å². The number of hydrogen-bond donors (Lipinski definition) is 1. The second-order valence-corrected chi connectivity index (χ2v) is 12.6. The minimum absolute atomic E-state index is 0.0718. The Hall–Kier alpha value is -3.02. The van der Waals surface area contributed by atoms with E-state index in [1.54, 1.807) is 56.7 Å². The smallest absolute Gasteiger partial charge is 0.213 e. The van der Waals surface area contributed by atoms with Gasteiger partial charge in [0.05, 0.1) is 28.0 Å². The first kappa shape index (κ1) is 25.1. The van der Waals surface area contributed by atoms with Crippen LogP contribution in [0, 0.1) is 18.6 Å². The summed E-state index contributed by atoms with van der Waals surface area (Å²) in [4.78, 5) is 8.66. The van der Waals surface area contributed by atoms with E-state index in [1.165, 1.54) is 18.3 Å². The quantitative estimate of drug-likeness (QED) is 0.256. The molecule has 0 radical (unpaired) electrons. The highest BCUT2D eigenvalue weighted by molar-refractivity contribution is 7.62. The molecular weight excluding hydrogens is 491 g/mol. The summed E-state index contributed by atoms with van der Waals surface area (Å²) in [5, 5.41) is 4.27. The fourth-order valence-corrected chi connectivity index (χ4v) is 4.36. The monoisotopic (exact) mass is 515 g/mol. The van der Waals surface area contributed by atoms with E-state index in [0.29, 0.717) is 49.9 Å². The van der Waals surface area contributed by atoms with Crippen LogP contribution in [0.4, 0.5) is 14.5 Å². The number of nitrogens with one attached hydrogen (secondary N) is 1. The first-order valence-corrected chi connectivity index (χ1v) is 14.1. The van der Waals surface area contributed by atoms with Crippen LogP contribution in [0.5, 0.6) is 5.88 Å². The molecule has 0 aliphatic rings. The van der Waals surface area contributed by atoms with Crippen molar-refractivity contribution in [2.75, 3.05) is 25.0 Å². The number of aromatic nitrogens is 2. The van der Waals surface area contributed by atoms with Crippen LogP contribution in [0.25, 0.3) is 22.0 Å². The zero-order valence-corrected chi connectivity index (χ0v) is 21.4. The number of aryl methyl sites for hydroxylation is 1. The topological polar surface area (TPSA) is 64.1 Å². The minimum Gasteiger partial charge on any atom is -0.470 e. The molecule has 0 aliphatic carbocycles. The molecule has 2 aromatic carbocycles. The molecule has 5 nitrogen and oxygen atoms in total. The molecule has 182 valence electrons. The Labute approximate surface area is 207 Å². The third kappa shape index (κ3) is 5.63. The van der Waals surface area contributed by atoms with E-state index in [0.717, 1.165) is 0 Å². The summed E-state index contributed by atoms with van der Waals surface area (Å²) in [5.74, 6) is -0.497. The number of nitrogens with zero attached hydrogens (tertiary/aromatic N) is 2. The van der Waals surface area contributed by atoms with Crippen molar-refractivity contribution in [2.24, 2.45) is 0 Å². The molecule has 2 heterocycles. The van der Waals surface area contributed by atoms with Crippen molar-refractivity contribution in [2.45, 2.75) is 19.9 Å². The lowest BCUT2D eigenvalue weighted by molar-refractivity contribution is 0.363. The van der Waals surface area contributed by atoms with Gasteiger partial charge in [0.2, 0.25) is 5.88 Å². The largest absolute Gasteiger partial charge is 0.470 e. The van der Waals surface area contributed by atoms with Crippen LogP contribution in [-0.2, 0) is 4.57 Å². The number of hydrogen-bond acceptors (Lipinski definition) is 5. The van der Waals surface area contributed by atoms with Gasteiger partial charge in [-0.15, -0.1) is 0 Å². The van der Waals surface area contributed by atoms with Gasteiger partial charge in [0, 0.05) is 40.4 Å². The van der Waals surface area contributed by atoms with Gasteiger partial charge in [0.1, 0.15) is 25.1 Å². The summed E-state index contributed by atoms with van der Waals surface area (Å²) >= 11 is 6.61. The van der Waals surface area contributed by atoms with Crippen molar-refractivity contribution in [3.8, 4) is 17.0 Å². The van der Waals surface area contributed by atoms with Gasteiger partial charge in [-0.1, -0.05) is 29.8 Å². The lowest BCUT2D eigenvalue weighted by Crippen LogP contribution is -2.10. The van der Waals surface area contributed by atoms with E-state index < -0.39 is 19.0 Å². The van der Waals surface area contributed by atoms with Crippen LogP contribution >= 0.6 is 18.7 Å². The van der Waals surface area contributed by atoms with Crippen LogP contribution in [0.3, 0.4) is 0 Å².